The second kappa shape index (κ2) is 10.2. The van der Waals surface area contributed by atoms with E-state index in [0.717, 1.165) is 55.9 Å². The quantitative estimate of drug-likeness (QED) is 0.240. The first-order chi connectivity index (χ1) is 18.2. The maximum Gasteiger partial charge on any atom is 0.0715 e. The van der Waals surface area contributed by atoms with Crippen LogP contribution in [0.3, 0.4) is 0 Å². The Morgan fingerprint density at radius 3 is 1.35 bits per heavy atom. The molecule has 6 aromatic rings. The largest absolute Gasteiger partial charge is 0.264 e. The molecule has 176 valence electrons. The molecule has 0 amide bonds. The summed E-state index contributed by atoms with van der Waals surface area (Å²) in [5.74, 6) is 0. The molecule has 0 radical (unpaired) electrons. The Morgan fingerprint density at radius 2 is 0.865 bits per heavy atom. The first-order valence-electron chi connectivity index (χ1n) is 12.0. The molecule has 0 saturated heterocycles. The molecular weight excluding hydrogens is 474 g/mol. The zero-order valence-corrected chi connectivity index (χ0v) is 20.7. The van der Waals surface area contributed by atoms with Crippen molar-refractivity contribution in [2.75, 3.05) is 0 Å². The molecule has 0 bridgehead atoms. The van der Waals surface area contributed by atoms with Crippen LogP contribution in [0.1, 0.15) is 0 Å². The van der Waals surface area contributed by atoms with Gasteiger partial charge in [-0.15, -0.1) is 0 Å². The summed E-state index contributed by atoms with van der Waals surface area (Å²) in [5, 5.41) is 0.703. The first kappa shape index (κ1) is 22.8. The topological polar surface area (TPSA) is 38.7 Å². The fraction of sp³-hybridized carbons (Fsp3) is 0. The third-order valence-electron chi connectivity index (χ3n) is 6.29. The van der Waals surface area contributed by atoms with Gasteiger partial charge in [0.1, 0.15) is 0 Å². The number of hydrogen-bond donors (Lipinski definition) is 0. The van der Waals surface area contributed by atoms with Gasteiger partial charge in [-0.3, -0.25) is 9.97 Å². The highest BCUT2D eigenvalue weighted by Gasteiger charge is 2.11. The van der Waals surface area contributed by atoms with Crippen molar-refractivity contribution in [3.05, 3.63) is 139 Å². The van der Waals surface area contributed by atoms with Crippen molar-refractivity contribution >= 4 is 11.6 Å². The van der Waals surface area contributed by atoms with Crippen LogP contribution < -0.4 is 0 Å². The Labute approximate surface area is 221 Å². The molecule has 4 heteroatoms. The van der Waals surface area contributed by atoms with Gasteiger partial charge in [-0.1, -0.05) is 72.3 Å². The van der Waals surface area contributed by atoms with E-state index in [2.05, 4.69) is 88.8 Å². The van der Waals surface area contributed by atoms with Gasteiger partial charge in [0.2, 0.25) is 0 Å². The molecular formula is C33H22ClN3. The summed E-state index contributed by atoms with van der Waals surface area (Å²) in [5.41, 5.74) is 10.3. The van der Waals surface area contributed by atoms with E-state index in [1.165, 1.54) is 0 Å². The number of pyridine rings is 3. The Bertz CT molecular complexity index is 1580. The van der Waals surface area contributed by atoms with Crippen LogP contribution >= 0.6 is 11.6 Å². The minimum atomic E-state index is 0.703. The number of benzene rings is 3. The van der Waals surface area contributed by atoms with Crippen molar-refractivity contribution in [3.63, 3.8) is 0 Å². The molecule has 0 N–H and O–H groups in total. The SMILES string of the molecule is Clc1cccc(-c2cc(-c3cccc(-c4cccnc4)c3)nc(-c3cccc(-c4cccnc4)c3)c2)c1. The molecule has 6 rings (SSSR count). The highest BCUT2D eigenvalue weighted by atomic mass is 35.5. The number of aromatic nitrogens is 3. The van der Waals surface area contributed by atoms with Crippen LogP contribution in [0.25, 0.3) is 55.9 Å². The highest BCUT2D eigenvalue weighted by Crippen LogP contribution is 2.34. The second-order valence-electron chi connectivity index (χ2n) is 8.78. The standard InChI is InChI=1S/C33H22ClN3/c34-31-13-3-8-25(18-31)30-19-32(26-9-1-6-23(16-26)28-11-4-14-35-21-28)37-33(20-30)27-10-2-7-24(17-27)29-12-5-15-36-22-29/h1-22H. The Kier molecular flexibility index (Phi) is 6.28. The third-order valence-corrected chi connectivity index (χ3v) is 6.52. The summed E-state index contributed by atoms with van der Waals surface area (Å²) in [7, 11) is 0. The fourth-order valence-electron chi connectivity index (χ4n) is 4.44. The lowest BCUT2D eigenvalue weighted by atomic mass is 9.97. The molecule has 3 aromatic heterocycles. The van der Waals surface area contributed by atoms with Gasteiger partial charge in [0.05, 0.1) is 11.4 Å². The van der Waals surface area contributed by atoms with Crippen molar-refractivity contribution in [2.24, 2.45) is 0 Å². The predicted octanol–water partition coefficient (Wildman–Crippen LogP) is 8.86. The number of nitrogens with zero attached hydrogens (tertiary/aromatic N) is 3. The molecule has 0 spiro atoms. The van der Waals surface area contributed by atoms with Crippen molar-refractivity contribution in [1.82, 2.24) is 15.0 Å². The first-order valence-corrected chi connectivity index (χ1v) is 12.4. The van der Waals surface area contributed by atoms with E-state index in [9.17, 15) is 0 Å². The summed E-state index contributed by atoms with van der Waals surface area (Å²) in [6, 6.07) is 37.1. The van der Waals surface area contributed by atoms with Crippen LogP contribution in [0.5, 0.6) is 0 Å². The monoisotopic (exact) mass is 495 g/mol. The maximum absolute atomic E-state index is 6.36. The maximum atomic E-state index is 6.36. The fourth-order valence-corrected chi connectivity index (χ4v) is 4.63. The van der Waals surface area contributed by atoms with Crippen LogP contribution in [-0.2, 0) is 0 Å². The average Bonchev–Trinajstić information content (AvgIpc) is 2.98. The van der Waals surface area contributed by atoms with Gasteiger partial charge in [0.15, 0.2) is 0 Å². The highest BCUT2D eigenvalue weighted by molar-refractivity contribution is 6.30. The van der Waals surface area contributed by atoms with Crippen LogP contribution in [0.15, 0.2) is 134 Å². The molecule has 3 nitrogen and oxygen atoms in total. The van der Waals surface area contributed by atoms with E-state index < -0.39 is 0 Å². The van der Waals surface area contributed by atoms with Gasteiger partial charge in [-0.05, 0) is 70.8 Å². The minimum absolute atomic E-state index is 0.703. The normalized spacial score (nSPS) is 10.8. The molecule has 0 aliphatic rings. The molecule has 0 atom stereocenters. The molecule has 0 aliphatic carbocycles. The van der Waals surface area contributed by atoms with Gasteiger partial charge >= 0.3 is 0 Å². The van der Waals surface area contributed by atoms with Crippen LogP contribution in [0.4, 0.5) is 0 Å². The lowest BCUT2D eigenvalue weighted by Gasteiger charge is -2.12. The smallest absolute Gasteiger partial charge is 0.0715 e. The van der Waals surface area contributed by atoms with Gasteiger partial charge in [-0.25, -0.2) is 4.98 Å². The lowest BCUT2D eigenvalue weighted by Crippen LogP contribution is -1.92. The van der Waals surface area contributed by atoms with Crippen molar-refractivity contribution in [1.29, 1.82) is 0 Å². The third kappa shape index (κ3) is 5.04. The van der Waals surface area contributed by atoms with Crippen LogP contribution in [0, 0.1) is 0 Å². The Hall–Kier alpha value is -4.60. The van der Waals surface area contributed by atoms with Crippen LogP contribution in [-0.4, -0.2) is 15.0 Å². The second-order valence-corrected chi connectivity index (χ2v) is 9.22. The molecule has 0 fully saturated rings. The summed E-state index contributed by atoms with van der Waals surface area (Å²) < 4.78 is 0. The van der Waals surface area contributed by atoms with E-state index in [0.29, 0.717) is 5.02 Å². The van der Waals surface area contributed by atoms with E-state index in [1.807, 2.05) is 42.7 Å². The van der Waals surface area contributed by atoms with Gasteiger partial charge < -0.3 is 0 Å². The number of halogens is 1. The minimum Gasteiger partial charge on any atom is -0.264 e. The molecule has 0 unspecified atom stereocenters. The van der Waals surface area contributed by atoms with Crippen LogP contribution in [0.2, 0.25) is 5.02 Å². The van der Waals surface area contributed by atoms with Crippen molar-refractivity contribution < 1.29 is 0 Å². The van der Waals surface area contributed by atoms with Gasteiger partial charge in [0, 0.05) is 52.1 Å². The molecule has 3 aromatic carbocycles. The molecule has 0 aliphatic heterocycles. The van der Waals surface area contributed by atoms with Gasteiger partial charge in [-0.2, -0.15) is 0 Å². The lowest BCUT2D eigenvalue weighted by molar-refractivity contribution is 1.31. The van der Waals surface area contributed by atoms with Gasteiger partial charge in [0.25, 0.3) is 0 Å². The van der Waals surface area contributed by atoms with E-state index >= 15 is 0 Å². The Balaban J connectivity index is 1.51. The average molecular weight is 496 g/mol. The molecule has 3 heterocycles. The van der Waals surface area contributed by atoms with E-state index in [-0.39, 0.29) is 0 Å². The summed E-state index contributed by atoms with van der Waals surface area (Å²) in [4.78, 5) is 13.7. The summed E-state index contributed by atoms with van der Waals surface area (Å²) in [6.45, 7) is 0. The zero-order chi connectivity index (χ0) is 25.0. The van der Waals surface area contributed by atoms with E-state index in [4.69, 9.17) is 16.6 Å². The predicted molar refractivity (Wildman–Crippen MR) is 152 cm³/mol. The van der Waals surface area contributed by atoms with Crippen molar-refractivity contribution in [3.8, 4) is 55.9 Å². The summed E-state index contributed by atoms with van der Waals surface area (Å²) >= 11 is 6.36. The summed E-state index contributed by atoms with van der Waals surface area (Å²) in [6.07, 6.45) is 7.33. The van der Waals surface area contributed by atoms with E-state index in [1.54, 1.807) is 12.4 Å². The zero-order valence-electron chi connectivity index (χ0n) is 19.9. The number of hydrogen-bond acceptors (Lipinski definition) is 3. The molecule has 37 heavy (non-hydrogen) atoms. The molecule has 0 saturated carbocycles. The van der Waals surface area contributed by atoms with Crippen molar-refractivity contribution in [2.45, 2.75) is 0 Å². The number of rotatable bonds is 5. The Morgan fingerprint density at radius 1 is 0.405 bits per heavy atom.